The summed E-state index contributed by atoms with van der Waals surface area (Å²) in [7, 11) is 0. The Morgan fingerprint density at radius 1 is 1.14 bits per heavy atom. The molecule has 1 fully saturated rings. The number of piperidine rings is 1. The molecule has 3 aromatic rings. The number of benzene rings is 2. The van der Waals surface area contributed by atoms with Crippen molar-refractivity contribution in [3.05, 3.63) is 66.4 Å². The van der Waals surface area contributed by atoms with Crippen molar-refractivity contribution < 1.29 is 9.21 Å². The molecule has 1 aliphatic heterocycles. The van der Waals surface area contributed by atoms with E-state index in [1.54, 1.807) is 6.20 Å². The fraction of sp³-hybridized carbons (Fsp3) is 0.304. The molecule has 1 unspecified atom stereocenters. The number of hydrogen-bond acceptors (Lipinski definition) is 4. The second kappa shape index (κ2) is 10.2. The highest BCUT2D eigenvalue weighted by molar-refractivity contribution is 6.00. The van der Waals surface area contributed by atoms with Crippen molar-refractivity contribution in [2.24, 2.45) is 5.92 Å². The first-order valence-corrected chi connectivity index (χ1v) is 9.91. The van der Waals surface area contributed by atoms with Gasteiger partial charge in [0, 0.05) is 17.7 Å². The number of amides is 1. The summed E-state index contributed by atoms with van der Waals surface area (Å²) in [6, 6.07) is 17.3. The standard InChI is InChI=1S/C23H25N3O2.ClH/c27-22(25-14-12-17-7-6-13-24-15-17)19-10-4-5-11-20(19)23-26-16-21(28-23)18-8-2-1-3-9-18;/h1-5,8-11,16-17,24H,6-7,12-15H2,(H,25,27);1H. The summed E-state index contributed by atoms with van der Waals surface area (Å²) in [4.78, 5) is 17.2. The highest BCUT2D eigenvalue weighted by Crippen LogP contribution is 2.28. The Hall–Kier alpha value is -2.63. The fourth-order valence-electron chi connectivity index (χ4n) is 3.66. The van der Waals surface area contributed by atoms with Crippen molar-refractivity contribution in [3.8, 4) is 22.8 Å². The minimum atomic E-state index is -0.0844. The van der Waals surface area contributed by atoms with E-state index < -0.39 is 0 Å². The van der Waals surface area contributed by atoms with Crippen molar-refractivity contribution in [1.29, 1.82) is 0 Å². The van der Waals surface area contributed by atoms with Gasteiger partial charge in [-0.3, -0.25) is 4.79 Å². The second-order valence-corrected chi connectivity index (χ2v) is 7.20. The molecule has 0 aliphatic carbocycles. The Balaban J connectivity index is 0.00000240. The number of hydrogen-bond donors (Lipinski definition) is 2. The monoisotopic (exact) mass is 411 g/mol. The zero-order valence-electron chi connectivity index (χ0n) is 16.3. The van der Waals surface area contributed by atoms with Gasteiger partial charge in [-0.1, -0.05) is 42.5 Å². The Kier molecular flexibility index (Phi) is 7.44. The zero-order valence-corrected chi connectivity index (χ0v) is 17.1. The van der Waals surface area contributed by atoms with E-state index in [1.807, 2.05) is 54.6 Å². The molecule has 29 heavy (non-hydrogen) atoms. The minimum absolute atomic E-state index is 0. The van der Waals surface area contributed by atoms with Crippen molar-refractivity contribution >= 4 is 18.3 Å². The summed E-state index contributed by atoms with van der Waals surface area (Å²) in [5.41, 5.74) is 2.26. The van der Waals surface area contributed by atoms with Crippen LogP contribution < -0.4 is 10.6 Å². The van der Waals surface area contributed by atoms with Crippen LogP contribution >= 0.6 is 12.4 Å². The van der Waals surface area contributed by atoms with Crippen LogP contribution in [-0.2, 0) is 0 Å². The number of oxazole rings is 1. The van der Waals surface area contributed by atoms with Crippen molar-refractivity contribution in [3.63, 3.8) is 0 Å². The van der Waals surface area contributed by atoms with Crippen LogP contribution in [0.3, 0.4) is 0 Å². The van der Waals surface area contributed by atoms with Crippen molar-refractivity contribution in [2.45, 2.75) is 19.3 Å². The average molecular weight is 412 g/mol. The molecular formula is C23H26ClN3O2. The summed E-state index contributed by atoms with van der Waals surface area (Å²) < 4.78 is 5.95. The van der Waals surface area contributed by atoms with E-state index >= 15 is 0 Å². The first-order valence-electron chi connectivity index (χ1n) is 9.91. The van der Waals surface area contributed by atoms with Gasteiger partial charge >= 0.3 is 0 Å². The first-order chi connectivity index (χ1) is 13.8. The fourth-order valence-corrected chi connectivity index (χ4v) is 3.66. The van der Waals surface area contributed by atoms with E-state index in [4.69, 9.17) is 4.42 Å². The van der Waals surface area contributed by atoms with Crippen LogP contribution in [0.5, 0.6) is 0 Å². The Morgan fingerprint density at radius 2 is 1.93 bits per heavy atom. The molecule has 2 N–H and O–H groups in total. The third-order valence-corrected chi connectivity index (χ3v) is 5.20. The van der Waals surface area contributed by atoms with E-state index in [0.29, 0.717) is 35.2 Å². The molecule has 1 saturated heterocycles. The van der Waals surface area contributed by atoms with E-state index in [2.05, 4.69) is 15.6 Å². The van der Waals surface area contributed by atoms with Gasteiger partial charge in [-0.05, 0) is 50.4 Å². The topological polar surface area (TPSA) is 67.2 Å². The molecule has 1 aliphatic rings. The van der Waals surface area contributed by atoms with E-state index in [-0.39, 0.29) is 18.3 Å². The van der Waals surface area contributed by atoms with Crippen LogP contribution in [0.25, 0.3) is 22.8 Å². The van der Waals surface area contributed by atoms with Gasteiger partial charge in [0.25, 0.3) is 5.91 Å². The molecule has 1 atom stereocenters. The quantitative estimate of drug-likeness (QED) is 0.624. The maximum atomic E-state index is 12.8. The molecule has 4 rings (SSSR count). The van der Waals surface area contributed by atoms with Gasteiger partial charge in [-0.15, -0.1) is 12.4 Å². The molecule has 5 nitrogen and oxygen atoms in total. The molecule has 6 heteroatoms. The number of nitrogens with zero attached hydrogens (tertiary/aromatic N) is 1. The zero-order chi connectivity index (χ0) is 19.2. The SMILES string of the molecule is Cl.O=C(NCCC1CCCNC1)c1ccccc1-c1ncc(-c2ccccc2)o1. The van der Waals surface area contributed by atoms with Crippen LogP contribution in [-0.4, -0.2) is 30.5 Å². The third kappa shape index (κ3) is 5.25. The predicted molar refractivity (Wildman–Crippen MR) is 117 cm³/mol. The van der Waals surface area contributed by atoms with Gasteiger partial charge in [0.15, 0.2) is 5.76 Å². The molecule has 0 saturated carbocycles. The van der Waals surface area contributed by atoms with Gasteiger partial charge in [0.1, 0.15) is 0 Å². The maximum absolute atomic E-state index is 12.8. The number of carbonyl (C=O) groups is 1. The number of nitrogens with one attached hydrogen (secondary N) is 2. The number of carbonyl (C=O) groups excluding carboxylic acids is 1. The summed E-state index contributed by atoms with van der Waals surface area (Å²) >= 11 is 0. The highest BCUT2D eigenvalue weighted by atomic mass is 35.5. The van der Waals surface area contributed by atoms with Gasteiger partial charge in [0.05, 0.1) is 11.8 Å². The van der Waals surface area contributed by atoms with Crippen LogP contribution in [0, 0.1) is 5.92 Å². The normalized spacial score (nSPS) is 16.1. The van der Waals surface area contributed by atoms with Crippen molar-refractivity contribution in [1.82, 2.24) is 15.6 Å². The van der Waals surface area contributed by atoms with E-state index in [1.165, 1.54) is 12.8 Å². The summed E-state index contributed by atoms with van der Waals surface area (Å²) in [5, 5.41) is 6.48. The summed E-state index contributed by atoms with van der Waals surface area (Å²) in [6.07, 6.45) is 5.15. The van der Waals surface area contributed by atoms with Gasteiger partial charge in [-0.2, -0.15) is 0 Å². The Bertz CT molecular complexity index is 921. The molecule has 0 spiro atoms. The van der Waals surface area contributed by atoms with Crippen LogP contribution in [0.4, 0.5) is 0 Å². The van der Waals surface area contributed by atoms with E-state index in [0.717, 1.165) is 25.1 Å². The molecule has 1 aromatic heterocycles. The van der Waals surface area contributed by atoms with Crippen LogP contribution in [0.15, 0.2) is 65.2 Å². The number of halogens is 1. The lowest BCUT2D eigenvalue weighted by atomic mass is 9.96. The summed E-state index contributed by atoms with van der Waals surface area (Å²) in [6.45, 7) is 2.84. The average Bonchev–Trinajstić information content (AvgIpc) is 3.25. The van der Waals surface area contributed by atoms with Crippen molar-refractivity contribution in [2.75, 3.05) is 19.6 Å². The number of aromatic nitrogens is 1. The second-order valence-electron chi connectivity index (χ2n) is 7.20. The predicted octanol–water partition coefficient (Wildman–Crippen LogP) is 4.55. The minimum Gasteiger partial charge on any atom is -0.436 e. The molecule has 0 bridgehead atoms. The lowest BCUT2D eigenvalue weighted by molar-refractivity contribution is 0.0951. The lowest BCUT2D eigenvalue weighted by Gasteiger charge is -2.22. The van der Waals surface area contributed by atoms with Crippen LogP contribution in [0.1, 0.15) is 29.6 Å². The lowest BCUT2D eigenvalue weighted by Crippen LogP contribution is -2.33. The Morgan fingerprint density at radius 3 is 2.72 bits per heavy atom. The Labute approximate surface area is 177 Å². The van der Waals surface area contributed by atoms with Crippen LogP contribution in [0.2, 0.25) is 0 Å². The molecule has 2 heterocycles. The van der Waals surface area contributed by atoms with Gasteiger partial charge in [-0.25, -0.2) is 4.98 Å². The largest absolute Gasteiger partial charge is 0.436 e. The molecule has 1 amide bonds. The molecular weight excluding hydrogens is 386 g/mol. The molecule has 0 radical (unpaired) electrons. The summed E-state index contributed by atoms with van der Waals surface area (Å²) in [5.74, 6) is 1.71. The molecule has 152 valence electrons. The molecule has 2 aromatic carbocycles. The number of rotatable bonds is 6. The first kappa shape index (κ1) is 21.1. The van der Waals surface area contributed by atoms with Gasteiger partial charge in [0.2, 0.25) is 5.89 Å². The maximum Gasteiger partial charge on any atom is 0.252 e. The third-order valence-electron chi connectivity index (χ3n) is 5.20. The highest BCUT2D eigenvalue weighted by Gasteiger charge is 2.18. The van der Waals surface area contributed by atoms with E-state index in [9.17, 15) is 4.79 Å². The van der Waals surface area contributed by atoms with Gasteiger partial charge < -0.3 is 15.1 Å². The smallest absolute Gasteiger partial charge is 0.252 e.